The summed E-state index contributed by atoms with van der Waals surface area (Å²) in [6, 6.07) is 12.5. The zero-order valence-electron chi connectivity index (χ0n) is 22.2. The summed E-state index contributed by atoms with van der Waals surface area (Å²) in [6.45, 7) is 7.04. The molecule has 2 aromatic heterocycles. The molecule has 0 spiro atoms. The molecule has 2 N–H and O–H groups in total. The summed E-state index contributed by atoms with van der Waals surface area (Å²) in [5.74, 6) is -0.356. The first-order valence-electron chi connectivity index (χ1n) is 12.6. The van der Waals surface area contributed by atoms with E-state index in [4.69, 9.17) is 7.85 Å². The molecule has 11 heteroatoms. The number of benzene rings is 2. The van der Waals surface area contributed by atoms with Crippen molar-refractivity contribution in [2.45, 2.75) is 50.1 Å². The van der Waals surface area contributed by atoms with E-state index in [1.807, 2.05) is 23.1 Å². The van der Waals surface area contributed by atoms with E-state index in [1.54, 1.807) is 18.3 Å². The molecule has 2 heterocycles. The van der Waals surface area contributed by atoms with E-state index in [9.17, 15) is 9.65 Å². The molecule has 0 aliphatic heterocycles. The molecule has 2 aromatic carbocycles. The molecule has 1 aliphatic carbocycles. The molecule has 0 saturated heterocycles. The van der Waals surface area contributed by atoms with Crippen molar-refractivity contribution in [3.8, 4) is 6.07 Å². The van der Waals surface area contributed by atoms with Crippen molar-refractivity contribution in [2.24, 2.45) is 5.41 Å². The average molecular weight is 604 g/mol. The van der Waals surface area contributed by atoms with Gasteiger partial charge in [-0.25, -0.2) is 9.07 Å². The van der Waals surface area contributed by atoms with E-state index in [-0.39, 0.29) is 11.2 Å². The van der Waals surface area contributed by atoms with Crippen molar-refractivity contribution in [3.63, 3.8) is 0 Å². The van der Waals surface area contributed by atoms with Crippen LogP contribution in [0.2, 0.25) is 0 Å². The summed E-state index contributed by atoms with van der Waals surface area (Å²) in [7, 11) is 7.18. The summed E-state index contributed by atoms with van der Waals surface area (Å²) < 4.78 is 16.6. The molecule has 7 nitrogen and oxygen atoms in total. The van der Waals surface area contributed by atoms with Crippen LogP contribution in [0.5, 0.6) is 0 Å². The Kier molecular flexibility index (Phi) is 7.38. The maximum absolute atomic E-state index is 13.9. The lowest BCUT2D eigenvalue weighted by Crippen LogP contribution is -2.38. The van der Waals surface area contributed by atoms with Gasteiger partial charge in [0.05, 0.1) is 28.2 Å². The number of nitrogens with one attached hydrogen (secondary N) is 2. The third-order valence-electron chi connectivity index (χ3n) is 6.59. The molecular weight excluding hydrogens is 576 g/mol. The first-order chi connectivity index (χ1) is 18.5. The van der Waals surface area contributed by atoms with Crippen LogP contribution in [0.1, 0.15) is 56.5 Å². The predicted octanol–water partition coefficient (Wildman–Crippen LogP) is 6.60. The fraction of sp³-hybridized carbons (Fsp3) is 0.357. The number of nitrogens with zero attached hydrogens (tertiary/aromatic N) is 5. The van der Waals surface area contributed by atoms with E-state index in [1.165, 1.54) is 23.9 Å². The van der Waals surface area contributed by atoms with Crippen LogP contribution in [0, 0.1) is 22.6 Å². The highest BCUT2D eigenvalue weighted by molar-refractivity contribution is 9.10. The third-order valence-corrected chi connectivity index (χ3v) is 7.96. The zero-order chi connectivity index (χ0) is 27.9. The zero-order valence-corrected chi connectivity index (χ0v) is 24.6. The van der Waals surface area contributed by atoms with Crippen molar-refractivity contribution in [1.29, 1.82) is 5.26 Å². The Morgan fingerprint density at radius 1 is 1.23 bits per heavy atom. The smallest absolute Gasteiger partial charge is 0.123 e. The van der Waals surface area contributed by atoms with Crippen LogP contribution in [0.15, 0.2) is 52.1 Å². The van der Waals surface area contributed by atoms with Crippen LogP contribution >= 0.6 is 27.7 Å². The largest absolute Gasteiger partial charge is 0.383 e. The summed E-state index contributed by atoms with van der Waals surface area (Å²) in [4.78, 5) is 4.54. The maximum atomic E-state index is 13.9. The molecule has 0 amide bonds. The lowest BCUT2D eigenvalue weighted by atomic mass is 9.69. The first-order valence-corrected chi connectivity index (χ1v) is 14.6. The Morgan fingerprint density at radius 2 is 1.95 bits per heavy atom. The Morgan fingerprint density at radius 3 is 2.56 bits per heavy atom. The fourth-order valence-electron chi connectivity index (χ4n) is 4.45. The second-order valence-corrected chi connectivity index (χ2v) is 12.6. The van der Waals surface area contributed by atoms with Gasteiger partial charge in [0.25, 0.3) is 0 Å². The number of hydrogen-bond donors (Lipinski definition) is 2. The highest BCUT2D eigenvalue weighted by Crippen LogP contribution is 2.42. The summed E-state index contributed by atoms with van der Waals surface area (Å²) in [5, 5.41) is 27.4. The molecule has 1 saturated carbocycles. The Balaban J connectivity index is 1.66. The van der Waals surface area contributed by atoms with E-state index < -0.39 is 5.44 Å². The topological polar surface area (TPSA) is 91.4 Å². The molecule has 5 rings (SSSR count). The molecule has 39 heavy (non-hydrogen) atoms. The van der Waals surface area contributed by atoms with Crippen molar-refractivity contribution in [3.05, 3.63) is 69.7 Å². The number of anilines is 2. The van der Waals surface area contributed by atoms with Crippen LogP contribution < -0.4 is 10.6 Å². The van der Waals surface area contributed by atoms with Crippen molar-refractivity contribution < 1.29 is 4.39 Å². The summed E-state index contributed by atoms with van der Waals surface area (Å²) in [5.41, 5.74) is 2.39. The number of pyridine rings is 1. The van der Waals surface area contributed by atoms with Gasteiger partial charge in [0.2, 0.25) is 0 Å². The van der Waals surface area contributed by atoms with Gasteiger partial charge in [-0.2, -0.15) is 5.26 Å². The Bertz CT molecular complexity index is 1570. The van der Waals surface area contributed by atoms with Gasteiger partial charge in [-0.15, -0.1) is 16.9 Å². The Hall–Kier alpha value is -3.10. The molecule has 1 fully saturated rings. The minimum atomic E-state index is -1.33. The third kappa shape index (κ3) is 5.50. The van der Waals surface area contributed by atoms with E-state index in [0.717, 1.165) is 27.7 Å². The second kappa shape index (κ2) is 10.5. The van der Waals surface area contributed by atoms with Crippen molar-refractivity contribution >= 4 is 57.8 Å². The summed E-state index contributed by atoms with van der Waals surface area (Å²) >= 11 is 5.20. The minimum absolute atomic E-state index is 0.00793. The molecule has 0 bridgehead atoms. The van der Waals surface area contributed by atoms with E-state index in [0.29, 0.717) is 46.3 Å². The molecular formula is C28H28BBrFN7S. The van der Waals surface area contributed by atoms with Crippen LogP contribution in [-0.2, 0) is 5.44 Å². The predicted molar refractivity (Wildman–Crippen MR) is 159 cm³/mol. The van der Waals surface area contributed by atoms with Gasteiger partial charge < -0.3 is 10.6 Å². The Labute approximate surface area is 241 Å². The van der Waals surface area contributed by atoms with Gasteiger partial charge in [0.15, 0.2) is 0 Å². The standard InChI is InChI=1S/C28H28BBrFN7S/c1-27(2,3)15-34-23-16(13-32)14-33-24-21(23)11-19(12-22(24)30)35-28(29,17-5-7-18(31)8-6-17)25-26(39-4)38(37-36-25)20-9-10-20/h5-8,11-12,14,20,35H,9-10,15H2,1-4H3,(H,33,34). The minimum Gasteiger partial charge on any atom is -0.383 e. The molecule has 1 atom stereocenters. The van der Waals surface area contributed by atoms with Gasteiger partial charge in [0.1, 0.15) is 30.5 Å². The van der Waals surface area contributed by atoms with E-state index >= 15 is 0 Å². The second-order valence-electron chi connectivity index (χ2n) is 11.0. The molecule has 2 radical (unpaired) electrons. The molecule has 1 aliphatic rings. The number of fused-ring (bicyclic) bond motifs is 1. The van der Waals surface area contributed by atoms with Crippen molar-refractivity contribution in [1.82, 2.24) is 20.0 Å². The van der Waals surface area contributed by atoms with Crippen LogP contribution in [0.3, 0.4) is 0 Å². The monoisotopic (exact) mass is 603 g/mol. The average Bonchev–Trinajstić information content (AvgIpc) is 3.64. The van der Waals surface area contributed by atoms with Gasteiger partial charge in [-0.3, -0.25) is 4.98 Å². The van der Waals surface area contributed by atoms with Gasteiger partial charge in [-0.1, -0.05) is 38.1 Å². The SMILES string of the molecule is [B]C(Nc1cc(Br)c2ncc(C#N)c(NCC(C)(C)C)c2c1)(c1ccc(F)cc1)c1nnn(C2CC2)c1SC. The maximum Gasteiger partial charge on any atom is 0.123 e. The highest BCUT2D eigenvalue weighted by Gasteiger charge is 2.38. The molecule has 198 valence electrons. The van der Waals surface area contributed by atoms with Gasteiger partial charge in [-0.05, 0) is 70.3 Å². The lowest BCUT2D eigenvalue weighted by molar-refractivity contribution is 0.443. The highest BCUT2D eigenvalue weighted by atomic mass is 79.9. The fourth-order valence-corrected chi connectivity index (χ4v) is 5.78. The van der Waals surface area contributed by atoms with E-state index in [2.05, 4.69) is 68.7 Å². The number of aromatic nitrogens is 4. The first kappa shape index (κ1) is 27.5. The van der Waals surface area contributed by atoms with Crippen LogP contribution in [0.4, 0.5) is 15.8 Å². The van der Waals surface area contributed by atoms with Gasteiger partial charge in [0, 0.05) is 28.3 Å². The number of nitriles is 1. The normalized spacial score (nSPS) is 15.1. The molecule has 1 unspecified atom stereocenters. The molecule has 4 aromatic rings. The summed E-state index contributed by atoms with van der Waals surface area (Å²) in [6.07, 6.45) is 5.65. The number of hydrogen-bond acceptors (Lipinski definition) is 7. The van der Waals surface area contributed by atoms with Crippen LogP contribution in [0.25, 0.3) is 10.9 Å². The van der Waals surface area contributed by atoms with Crippen molar-refractivity contribution in [2.75, 3.05) is 23.4 Å². The quantitative estimate of drug-likeness (QED) is 0.173. The lowest BCUT2D eigenvalue weighted by Gasteiger charge is -2.33. The number of halogens is 2. The number of thioether (sulfide) groups is 1. The number of rotatable bonds is 8. The van der Waals surface area contributed by atoms with Crippen LogP contribution in [-0.4, -0.2) is 40.6 Å². The van der Waals surface area contributed by atoms with Gasteiger partial charge >= 0.3 is 0 Å².